The molecule has 25 heavy (non-hydrogen) atoms. The summed E-state index contributed by atoms with van der Waals surface area (Å²) in [5.41, 5.74) is 0. The molecule has 0 unspecified atom stereocenters. The quantitative estimate of drug-likeness (QED) is 0.303. The second-order valence-corrected chi connectivity index (χ2v) is 9.00. The van der Waals surface area contributed by atoms with Crippen LogP contribution in [0, 0.1) is 0 Å². The van der Waals surface area contributed by atoms with Gasteiger partial charge in [-0.1, -0.05) is 58.4 Å². The van der Waals surface area contributed by atoms with E-state index < -0.39 is 8.80 Å². The van der Waals surface area contributed by atoms with Crippen molar-refractivity contribution in [2.45, 2.75) is 13.8 Å². The van der Waals surface area contributed by atoms with Gasteiger partial charge in [0.05, 0.1) is 0 Å². The molecule has 0 aliphatic carbocycles. The maximum atomic E-state index is 6.21. The molecule has 0 aliphatic heterocycles. The molecule has 3 aromatic rings. The first-order valence-corrected chi connectivity index (χ1v) is 11.5. The molecule has 3 aromatic carbocycles. The number of hydrogen-bond acceptors (Lipinski definition) is 3. The number of fused-ring (bicyclic) bond motifs is 2. The van der Waals surface area contributed by atoms with Gasteiger partial charge in [0, 0.05) is 30.3 Å². The number of rotatable bonds is 8. The fourth-order valence-electron chi connectivity index (χ4n) is 3.15. The van der Waals surface area contributed by atoms with E-state index in [-0.39, 0.29) is 0 Å². The van der Waals surface area contributed by atoms with Crippen molar-refractivity contribution in [2.24, 2.45) is 0 Å². The molecule has 0 spiro atoms. The van der Waals surface area contributed by atoms with Gasteiger partial charge in [0.2, 0.25) is 0 Å². The summed E-state index contributed by atoms with van der Waals surface area (Å²) in [7, 11) is -2.97. The van der Waals surface area contributed by atoms with Gasteiger partial charge in [-0.15, -0.1) is 0 Å². The molecule has 0 bridgehead atoms. The van der Waals surface area contributed by atoms with E-state index in [1.165, 1.54) is 16.2 Å². The lowest BCUT2D eigenvalue weighted by atomic mass is 10.0. The zero-order chi connectivity index (χ0) is 17.7. The third-order valence-corrected chi connectivity index (χ3v) is 7.46. The van der Waals surface area contributed by atoms with Gasteiger partial charge in [-0.25, -0.2) is 0 Å². The first kappa shape index (κ1) is 18.5. The Morgan fingerprint density at radius 1 is 0.800 bits per heavy atom. The van der Waals surface area contributed by atoms with Gasteiger partial charge in [-0.05, 0) is 47.5 Å². The standard InChI is InChI=1S/C20H23BrO3Si/c1-3-22-25(23-4-2,24-13-12-21)20-11-7-10-18-14-16-8-5-6-9-17(16)15-19(18)20/h5-11,14-15H,3-4,12-13H2,1-2H3. The zero-order valence-electron chi connectivity index (χ0n) is 14.6. The van der Waals surface area contributed by atoms with Crippen LogP contribution in [0.1, 0.15) is 13.8 Å². The summed E-state index contributed by atoms with van der Waals surface area (Å²) < 4.78 is 18.5. The van der Waals surface area contributed by atoms with Gasteiger partial charge in [-0.2, -0.15) is 0 Å². The maximum Gasteiger partial charge on any atom is 0.537 e. The van der Waals surface area contributed by atoms with Gasteiger partial charge in [0.1, 0.15) is 0 Å². The Hall–Kier alpha value is -1.24. The van der Waals surface area contributed by atoms with E-state index in [2.05, 4.69) is 70.5 Å². The Balaban J connectivity index is 2.23. The summed E-state index contributed by atoms with van der Waals surface area (Å²) in [6.45, 7) is 5.63. The molecule has 0 saturated carbocycles. The molecule has 0 N–H and O–H groups in total. The summed E-state index contributed by atoms with van der Waals surface area (Å²) in [4.78, 5) is 0. The van der Waals surface area contributed by atoms with Crippen molar-refractivity contribution in [3.05, 3.63) is 54.6 Å². The fourth-order valence-corrected chi connectivity index (χ4v) is 6.30. The van der Waals surface area contributed by atoms with Crippen LogP contribution in [-0.4, -0.2) is 34.0 Å². The highest BCUT2D eigenvalue weighted by Crippen LogP contribution is 2.24. The highest BCUT2D eigenvalue weighted by molar-refractivity contribution is 9.09. The van der Waals surface area contributed by atoms with Crippen LogP contribution in [0.3, 0.4) is 0 Å². The minimum Gasteiger partial charge on any atom is -0.370 e. The average molecular weight is 419 g/mol. The minimum atomic E-state index is -2.97. The van der Waals surface area contributed by atoms with Crippen LogP contribution in [0.4, 0.5) is 0 Å². The fraction of sp³-hybridized carbons (Fsp3) is 0.300. The van der Waals surface area contributed by atoms with Gasteiger partial charge in [-0.3, -0.25) is 0 Å². The third kappa shape index (κ3) is 3.81. The molecule has 0 fully saturated rings. The van der Waals surface area contributed by atoms with Crippen LogP contribution < -0.4 is 5.19 Å². The van der Waals surface area contributed by atoms with Crippen molar-refractivity contribution < 1.29 is 13.3 Å². The zero-order valence-corrected chi connectivity index (χ0v) is 17.2. The van der Waals surface area contributed by atoms with Gasteiger partial charge >= 0.3 is 8.80 Å². The first-order chi connectivity index (χ1) is 12.2. The second kappa shape index (κ2) is 8.43. The van der Waals surface area contributed by atoms with E-state index >= 15 is 0 Å². The molecule has 132 valence electrons. The van der Waals surface area contributed by atoms with E-state index in [4.69, 9.17) is 13.3 Å². The lowest BCUT2D eigenvalue weighted by Crippen LogP contribution is -2.57. The molecular weight excluding hydrogens is 396 g/mol. The molecule has 0 amide bonds. The summed E-state index contributed by atoms with van der Waals surface area (Å²) >= 11 is 3.45. The topological polar surface area (TPSA) is 27.7 Å². The van der Waals surface area contributed by atoms with Crippen LogP contribution >= 0.6 is 15.9 Å². The molecule has 0 radical (unpaired) electrons. The summed E-state index contributed by atoms with van der Waals surface area (Å²) in [5.74, 6) is 0. The summed E-state index contributed by atoms with van der Waals surface area (Å²) in [6.07, 6.45) is 0. The molecule has 0 saturated heterocycles. The number of hydrogen-bond donors (Lipinski definition) is 0. The van der Waals surface area contributed by atoms with Crippen LogP contribution in [0.25, 0.3) is 21.5 Å². The monoisotopic (exact) mass is 418 g/mol. The predicted molar refractivity (Wildman–Crippen MR) is 110 cm³/mol. The second-order valence-electron chi connectivity index (χ2n) is 5.69. The van der Waals surface area contributed by atoms with Crippen molar-refractivity contribution in [1.82, 2.24) is 0 Å². The SMILES string of the molecule is CCO[Si](OCC)(OCCBr)c1cccc2cc3ccccc3cc12. The summed E-state index contributed by atoms with van der Waals surface area (Å²) in [5, 5.41) is 6.54. The molecule has 0 aromatic heterocycles. The Morgan fingerprint density at radius 3 is 2.08 bits per heavy atom. The summed E-state index contributed by atoms with van der Waals surface area (Å²) in [6, 6.07) is 19.1. The smallest absolute Gasteiger partial charge is 0.370 e. The Bertz CT molecular complexity index is 847. The lowest BCUT2D eigenvalue weighted by Gasteiger charge is -2.30. The highest BCUT2D eigenvalue weighted by Gasteiger charge is 2.44. The van der Waals surface area contributed by atoms with E-state index in [9.17, 15) is 0 Å². The predicted octanol–water partition coefficient (Wildman–Crippen LogP) is 4.62. The van der Waals surface area contributed by atoms with Crippen LogP contribution in [0.2, 0.25) is 0 Å². The van der Waals surface area contributed by atoms with Crippen LogP contribution in [0.5, 0.6) is 0 Å². The molecule has 0 heterocycles. The molecule has 0 aliphatic rings. The van der Waals surface area contributed by atoms with Crippen molar-refractivity contribution in [2.75, 3.05) is 25.2 Å². The van der Waals surface area contributed by atoms with E-state index in [1.807, 2.05) is 13.8 Å². The average Bonchev–Trinajstić information content (AvgIpc) is 2.64. The molecule has 5 heteroatoms. The van der Waals surface area contributed by atoms with Gasteiger partial charge in [0.15, 0.2) is 0 Å². The lowest BCUT2D eigenvalue weighted by molar-refractivity contribution is 0.0872. The minimum absolute atomic E-state index is 0.552. The van der Waals surface area contributed by atoms with Crippen molar-refractivity contribution in [3.63, 3.8) is 0 Å². The van der Waals surface area contributed by atoms with E-state index in [0.29, 0.717) is 19.8 Å². The Morgan fingerprint density at radius 2 is 1.44 bits per heavy atom. The van der Waals surface area contributed by atoms with E-state index in [0.717, 1.165) is 15.9 Å². The first-order valence-electron chi connectivity index (χ1n) is 8.64. The molecule has 3 rings (SSSR count). The number of halogens is 1. The largest absolute Gasteiger partial charge is 0.537 e. The van der Waals surface area contributed by atoms with Gasteiger partial charge < -0.3 is 13.3 Å². The molecule has 3 nitrogen and oxygen atoms in total. The van der Waals surface area contributed by atoms with Crippen molar-refractivity contribution >= 4 is 51.5 Å². The Kier molecular flexibility index (Phi) is 6.25. The highest BCUT2D eigenvalue weighted by atomic mass is 79.9. The Labute approximate surface area is 158 Å². The van der Waals surface area contributed by atoms with Crippen molar-refractivity contribution in [1.29, 1.82) is 0 Å². The van der Waals surface area contributed by atoms with Gasteiger partial charge in [0.25, 0.3) is 0 Å². The number of benzene rings is 3. The van der Waals surface area contributed by atoms with Crippen LogP contribution in [-0.2, 0) is 13.3 Å². The molecule has 0 atom stereocenters. The maximum absolute atomic E-state index is 6.21. The normalized spacial score (nSPS) is 12.1. The third-order valence-electron chi connectivity index (χ3n) is 4.11. The number of alkyl halides is 1. The van der Waals surface area contributed by atoms with Crippen LogP contribution in [0.15, 0.2) is 54.6 Å². The van der Waals surface area contributed by atoms with E-state index in [1.54, 1.807) is 0 Å². The molecular formula is C20H23BrO3Si. The van der Waals surface area contributed by atoms with Crippen molar-refractivity contribution in [3.8, 4) is 0 Å².